The molecule has 8 heteroatoms. The molecule has 3 aromatic rings. The first-order valence-electron chi connectivity index (χ1n) is 12.2. The van der Waals surface area contributed by atoms with Gasteiger partial charge in [0.15, 0.2) is 0 Å². The SMILES string of the molecule is O=C(O)Cc1ccc(CC(=O)N2CC=C([C@H]3c4ncc(Br)cc4CCc4cc(Cl)cc(Br)c43)CC2)cc1. The van der Waals surface area contributed by atoms with Crippen LogP contribution in [-0.2, 0) is 35.3 Å². The zero-order valence-electron chi connectivity index (χ0n) is 20.0. The first-order valence-corrected chi connectivity index (χ1v) is 14.1. The molecule has 5 nitrogen and oxygen atoms in total. The molecular weight excluding hydrogens is 620 g/mol. The number of carboxylic acid groups (broad SMARTS) is 1. The highest BCUT2D eigenvalue weighted by atomic mass is 79.9. The van der Waals surface area contributed by atoms with E-state index in [9.17, 15) is 9.59 Å². The van der Waals surface area contributed by atoms with Crippen molar-refractivity contribution in [3.05, 3.63) is 108 Å². The van der Waals surface area contributed by atoms with Crippen LogP contribution in [0.5, 0.6) is 0 Å². The number of carboxylic acids is 1. The van der Waals surface area contributed by atoms with Crippen molar-refractivity contribution in [2.45, 2.75) is 38.0 Å². The van der Waals surface area contributed by atoms with Gasteiger partial charge < -0.3 is 10.0 Å². The molecule has 0 saturated heterocycles. The predicted molar refractivity (Wildman–Crippen MR) is 151 cm³/mol. The Kier molecular flexibility index (Phi) is 7.84. The second-order valence-corrected chi connectivity index (χ2v) is 11.7. The van der Waals surface area contributed by atoms with E-state index in [4.69, 9.17) is 21.7 Å². The van der Waals surface area contributed by atoms with Crippen molar-refractivity contribution >= 4 is 55.3 Å². The standard InChI is InChI=1S/C29H25Br2ClN2O3/c30-22-13-21-6-5-20-14-23(32)15-24(31)27(20)28(29(21)33-16-22)19-7-9-34(10-8-19)25(35)11-17-1-3-18(4-2-17)12-26(36)37/h1-4,7,13-16,28H,5-6,8-12H2,(H,36,37)/t28-/m1/s1. The zero-order valence-corrected chi connectivity index (χ0v) is 23.9. The number of carbonyl (C=O) groups is 2. The van der Waals surface area contributed by atoms with E-state index in [0.717, 1.165) is 50.1 Å². The van der Waals surface area contributed by atoms with Crippen molar-refractivity contribution in [1.29, 1.82) is 0 Å². The van der Waals surface area contributed by atoms with E-state index in [1.807, 2.05) is 29.3 Å². The molecule has 1 aromatic heterocycles. The van der Waals surface area contributed by atoms with E-state index in [1.165, 1.54) is 22.3 Å². The van der Waals surface area contributed by atoms with Gasteiger partial charge in [0.05, 0.1) is 18.5 Å². The largest absolute Gasteiger partial charge is 0.481 e. The molecule has 1 aliphatic heterocycles. The van der Waals surface area contributed by atoms with E-state index in [1.54, 1.807) is 12.1 Å². The number of benzene rings is 2. The number of rotatable bonds is 5. The number of amides is 1. The highest BCUT2D eigenvalue weighted by molar-refractivity contribution is 9.10. The molecule has 1 atom stereocenters. The average molecular weight is 645 g/mol. The topological polar surface area (TPSA) is 70.5 Å². The third-order valence-electron chi connectivity index (χ3n) is 7.08. The van der Waals surface area contributed by atoms with Crippen LogP contribution >= 0.6 is 43.5 Å². The smallest absolute Gasteiger partial charge is 0.307 e. The van der Waals surface area contributed by atoms with E-state index in [2.05, 4.69) is 50.1 Å². The summed E-state index contributed by atoms with van der Waals surface area (Å²) >= 11 is 13.8. The number of aliphatic carboxylic acids is 1. The van der Waals surface area contributed by atoms with Gasteiger partial charge in [-0.15, -0.1) is 0 Å². The number of hydrogen-bond donors (Lipinski definition) is 1. The number of aryl methyl sites for hydroxylation is 2. The van der Waals surface area contributed by atoms with Gasteiger partial charge in [0.1, 0.15) is 0 Å². The third kappa shape index (κ3) is 5.84. The Morgan fingerprint density at radius 3 is 2.38 bits per heavy atom. The number of halogens is 3. The van der Waals surface area contributed by atoms with Gasteiger partial charge in [0.2, 0.25) is 5.91 Å². The minimum absolute atomic E-state index is 0.00581. The first kappa shape index (κ1) is 26.1. The second kappa shape index (κ2) is 11.1. The fraction of sp³-hybridized carbons (Fsp3) is 0.276. The van der Waals surface area contributed by atoms with Crippen LogP contribution in [-0.4, -0.2) is 40.0 Å². The summed E-state index contributed by atoms with van der Waals surface area (Å²) in [6.07, 6.45) is 6.87. The van der Waals surface area contributed by atoms with Crippen molar-refractivity contribution in [3.8, 4) is 0 Å². The highest BCUT2D eigenvalue weighted by Gasteiger charge is 2.32. The predicted octanol–water partition coefficient (Wildman–Crippen LogP) is 6.52. The van der Waals surface area contributed by atoms with Gasteiger partial charge in [-0.3, -0.25) is 14.6 Å². The van der Waals surface area contributed by atoms with Crippen LogP contribution in [0.2, 0.25) is 5.02 Å². The molecule has 1 amide bonds. The maximum atomic E-state index is 13.1. The van der Waals surface area contributed by atoms with Gasteiger partial charge in [0.25, 0.3) is 0 Å². The zero-order chi connectivity index (χ0) is 26.1. The minimum Gasteiger partial charge on any atom is -0.481 e. The van der Waals surface area contributed by atoms with E-state index in [0.29, 0.717) is 19.5 Å². The first-order chi connectivity index (χ1) is 17.8. The molecule has 190 valence electrons. The molecule has 37 heavy (non-hydrogen) atoms. The monoisotopic (exact) mass is 642 g/mol. The highest BCUT2D eigenvalue weighted by Crippen LogP contribution is 2.44. The molecule has 0 bridgehead atoms. The molecule has 0 spiro atoms. The lowest BCUT2D eigenvalue weighted by Gasteiger charge is -2.31. The number of pyridine rings is 1. The van der Waals surface area contributed by atoms with Crippen LogP contribution < -0.4 is 0 Å². The molecule has 5 rings (SSSR count). The van der Waals surface area contributed by atoms with Crippen LogP contribution in [0.4, 0.5) is 0 Å². The molecule has 2 heterocycles. The second-order valence-electron chi connectivity index (χ2n) is 9.52. The lowest BCUT2D eigenvalue weighted by Crippen LogP contribution is -2.36. The summed E-state index contributed by atoms with van der Waals surface area (Å²) in [5.74, 6) is -0.791. The van der Waals surface area contributed by atoms with Crippen LogP contribution in [0.1, 0.15) is 45.8 Å². The summed E-state index contributed by atoms with van der Waals surface area (Å²) in [5.41, 5.74) is 7.61. The number of carbonyl (C=O) groups excluding carboxylic acids is 1. The van der Waals surface area contributed by atoms with E-state index < -0.39 is 5.97 Å². The third-order valence-corrected chi connectivity index (χ3v) is 8.38. The van der Waals surface area contributed by atoms with Gasteiger partial charge in [-0.1, -0.05) is 63.4 Å². The van der Waals surface area contributed by atoms with Gasteiger partial charge in [0, 0.05) is 39.2 Å². The normalized spacial score (nSPS) is 16.9. The van der Waals surface area contributed by atoms with Crippen molar-refractivity contribution < 1.29 is 14.7 Å². The van der Waals surface area contributed by atoms with Crippen LogP contribution in [0.25, 0.3) is 0 Å². The van der Waals surface area contributed by atoms with Crippen LogP contribution in [0.15, 0.2) is 69.3 Å². The quantitative estimate of drug-likeness (QED) is 0.321. The minimum atomic E-state index is -0.864. The molecule has 1 aliphatic carbocycles. The van der Waals surface area contributed by atoms with Crippen LogP contribution in [0, 0.1) is 0 Å². The van der Waals surface area contributed by atoms with E-state index in [-0.39, 0.29) is 18.2 Å². The Bertz CT molecular complexity index is 1410. The molecule has 0 saturated carbocycles. The Balaban J connectivity index is 1.39. The maximum absolute atomic E-state index is 13.1. The lowest BCUT2D eigenvalue weighted by molar-refractivity contribution is -0.136. The Hall–Kier alpha value is -2.48. The van der Waals surface area contributed by atoms with Crippen molar-refractivity contribution in [1.82, 2.24) is 9.88 Å². The Morgan fingerprint density at radius 1 is 1.00 bits per heavy atom. The lowest BCUT2D eigenvalue weighted by atomic mass is 9.82. The summed E-state index contributed by atoms with van der Waals surface area (Å²) < 4.78 is 1.96. The molecule has 2 aromatic carbocycles. The molecule has 0 fully saturated rings. The van der Waals surface area contributed by atoms with Crippen LogP contribution in [0.3, 0.4) is 0 Å². The fourth-order valence-corrected chi connectivity index (χ4v) is 6.78. The van der Waals surface area contributed by atoms with Gasteiger partial charge in [-0.25, -0.2) is 0 Å². The Morgan fingerprint density at radius 2 is 1.70 bits per heavy atom. The maximum Gasteiger partial charge on any atom is 0.307 e. The fourth-order valence-electron chi connectivity index (χ4n) is 5.30. The van der Waals surface area contributed by atoms with Gasteiger partial charge >= 0.3 is 5.97 Å². The molecule has 0 radical (unpaired) electrons. The Labute approximate surface area is 237 Å². The number of nitrogens with zero attached hydrogens (tertiary/aromatic N) is 2. The summed E-state index contributed by atoms with van der Waals surface area (Å²) in [5, 5.41) is 9.67. The number of fused-ring (bicyclic) bond motifs is 2. The molecule has 0 unspecified atom stereocenters. The summed E-state index contributed by atoms with van der Waals surface area (Å²) in [6.45, 7) is 1.19. The molecule has 2 aliphatic rings. The summed E-state index contributed by atoms with van der Waals surface area (Å²) in [7, 11) is 0. The summed E-state index contributed by atoms with van der Waals surface area (Å²) in [6, 6.07) is 13.4. The summed E-state index contributed by atoms with van der Waals surface area (Å²) in [4.78, 5) is 30.7. The van der Waals surface area contributed by atoms with Crippen molar-refractivity contribution in [2.24, 2.45) is 0 Å². The van der Waals surface area contributed by atoms with Gasteiger partial charge in [-0.05, 0) is 81.2 Å². The average Bonchev–Trinajstić information content (AvgIpc) is 3.02. The van der Waals surface area contributed by atoms with E-state index >= 15 is 0 Å². The van der Waals surface area contributed by atoms with Crippen molar-refractivity contribution in [3.63, 3.8) is 0 Å². The van der Waals surface area contributed by atoms with Gasteiger partial charge in [-0.2, -0.15) is 0 Å². The number of hydrogen-bond acceptors (Lipinski definition) is 3. The molecule has 1 N–H and O–H groups in total. The number of aromatic nitrogens is 1. The molecular formula is C29H25Br2ClN2O3. The van der Waals surface area contributed by atoms with Crippen molar-refractivity contribution in [2.75, 3.05) is 13.1 Å².